The number of aliphatic carboxylic acids is 1. The molecule has 0 aromatic heterocycles. The van der Waals surface area contributed by atoms with Crippen molar-refractivity contribution < 1.29 is 42.7 Å². The fourth-order valence-corrected chi connectivity index (χ4v) is 7.60. The Morgan fingerprint density at radius 2 is 0.873 bits per heavy atom. The molecule has 10 nitrogen and oxygen atoms in total. The van der Waals surface area contributed by atoms with Crippen LogP contribution in [0.5, 0.6) is 0 Å². The highest BCUT2D eigenvalue weighted by Crippen LogP contribution is 2.43. The highest BCUT2D eigenvalue weighted by atomic mass is 31.2. The van der Waals surface area contributed by atoms with Crippen LogP contribution >= 0.6 is 7.82 Å². The second kappa shape index (κ2) is 47.6. The van der Waals surface area contributed by atoms with E-state index in [1.165, 1.54) is 122 Å². The third kappa shape index (κ3) is 47.5. The number of hydrogen-bond acceptors (Lipinski definition) is 8. The number of ether oxygens (including phenoxy) is 2. The summed E-state index contributed by atoms with van der Waals surface area (Å²) >= 11 is 0. The minimum atomic E-state index is -4.63. The van der Waals surface area contributed by atoms with E-state index >= 15 is 0 Å². The van der Waals surface area contributed by atoms with Crippen LogP contribution in [0.1, 0.15) is 219 Å². The Morgan fingerprint density at radius 1 is 0.508 bits per heavy atom. The van der Waals surface area contributed by atoms with Gasteiger partial charge in [0, 0.05) is 13.0 Å². The van der Waals surface area contributed by atoms with Gasteiger partial charge in [-0.25, -0.2) is 4.57 Å². The summed E-state index contributed by atoms with van der Waals surface area (Å²) in [5.41, 5.74) is 5.37. The molecule has 0 bridgehead atoms. The van der Waals surface area contributed by atoms with Crippen LogP contribution in [-0.4, -0.2) is 60.5 Å². The summed E-state index contributed by atoms with van der Waals surface area (Å²) in [6, 6.07) is -1.48. The monoisotopic (exact) mass is 908 g/mol. The standard InChI is InChI=1S/C52H94NO9P/c1-3-5-7-9-11-13-15-17-19-21-23-24-25-27-29-31-33-35-37-39-41-43-45-59-46-49(47-60-63(57,58)61-48-50(53)52(55)56)62-51(54)44-42-40-38-36-34-32-30-28-26-22-20-18-16-14-12-10-8-6-4-2/h12,14-15,17-18,20-21,23,25,27,49-50H,3-11,13,16,19,22,24,26,28-48,53H2,1-2H3,(H,55,56)(H,57,58)/b14-12-,17-15-,20-18-,23-21-,27-25-. The zero-order valence-corrected chi connectivity index (χ0v) is 41.1. The van der Waals surface area contributed by atoms with E-state index in [0.29, 0.717) is 13.0 Å². The van der Waals surface area contributed by atoms with Gasteiger partial charge in [-0.2, -0.15) is 0 Å². The Bertz CT molecular complexity index is 1230. The van der Waals surface area contributed by atoms with Gasteiger partial charge in [-0.1, -0.05) is 190 Å². The van der Waals surface area contributed by atoms with Crippen molar-refractivity contribution in [3.8, 4) is 0 Å². The Labute approximate surface area is 385 Å². The summed E-state index contributed by atoms with van der Waals surface area (Å²) in [6.45, 7) is 3.83. The normalized spacial score (nSPS) is 14.2. The number of nitrogens with two attached hydrogens (primary N) is 1. The van der Waals surface area contributed by atoms with Crippen molar-refractivity contribution in [2.24, 2.45) is 5.73 Å². The van der Waals surface area contributed by atoms with Gasteiger partial charge in [-0.05, 0) is 83.5 Å². The van der Waals surface area contributed by atoms with Crippen molar-refractivity contribution in [2.75, 3.05) is 26.4 Å². The molecule has 0 spiro atoms. The van der Waals surface area contributed by atoms with Gasteiger partial charge in [-0.15, -0.1) is 0 Å². The van der Waals surface area contributed by atoms with Gasteiger partial charge < -0.3 is 25.2 Å². The average molecular weight is 908 g/mol. The summed E-state index contributed by atoms with van der Waals surface area (Å²) < 4.78 is 33.5. The van der Waals surface area contributed by atoms with Crippen LogP contribution in [0.15, 0.2) is 60.8 Å². The summed E-state index contributed by atoms with van der Waals surface area (Å²) in [6.07, 6.45) is 58.4. The van der Waals surface area contributed by atoms with E-state index in [-0.39, 0.29) is 13.0 Å². The molecule has 0 aromatic rings. The van der Waals surface area contributed by atoms with E-state index in [1.54, 1.807) is 0 Å². The van der Waals surface area contributed by atoms with E-state index < -0.39 is 45.1 Å². The highest BCUT2D eigenvalue weighted by Gasteiger charge is 2.27. The SMILES string of the molecule is CCCCC/C=C\C/C=C\CCCCCCCCCCCC(=O)OC(COCCCCCCCCC/C=C\C/C=C\C/C=C\CCCCCCC)COP(=O)(O)OCC(N)C(=O)O. The third-order valence-electron chi connectivity index (χ3n) is 10.8. The number of phosphoric acid groups is 1. The Morgan fingerprint density at radius 3 is 1.33 bits per heavy atom. The van der Waals surface area contributed by atoms with Gasteiger partial charge in [-0.3, -0.25) is 18.6 Å². The molecule has 63 heavy (non-hydrogen) atoms. The first-order chi connectivity index (χ1) is 30.7. The second-order valence-electron chi connectivity index (χ2n) is 16.9. The van der Waals surface area contributed by atoms with E-state index in [9.17, 15) is 19.0 Å². The maximum atomic E-state index is 12.7. The number of carboxylic acids is 1. The molecule has 11 heteroatoms. The van der Waals surface area contributed by atoms with Crippen molar-refractivity contribution in [3.05, 3.63) is 60.8 Å². The van der Waals surface area contributed by atoms with Gasteiger partial charge >= 0.3 is 19.8 Å². The lowest BCUT2D eigenvalue weighted by atomic mass is 10.1. The van der Waals surface area contributed by atoms with Crippen molar-refractivity contribution in [2.45, 2.75) is 231 Å². The van der Waals surface area contributed by atoms with E-state index in [0.717, 1.165) is 70.6 Å². The fourth-order valence-electron chi connectivity index (χ4n) is 6.82. The quantitative estimate of drug-likeness (QED) is 0.0233. The first kappa shape index (κ1) is 60.7. The number of esters is 1. The summed E-state index contributed by atoms with van der Waals surface area (Å²) in [5, 5.41) is 8.93. The summed E-state index contributed by atoms with van der Waals surface area (Å²) in [7, 11) is -4.63. The summed E-state index contributed by atoms with van der Waals surface area (Å²) in [4.78, 5) is 33.7. The van der Waals surface area contributed by atoms with Crippen molar-refractivity contribution in [1.82, 2.24) is 0 Å². The summed E-state index contributed by atoms with van der Waals surface area (Å²) in [5.74, 6) is -1.79. The number of carbonyl (C=O) groups excluding carboxylic acids is 1. The third-order valence-corrected chi connectivity index (χ3v) is 11.7. The zero-order valence-electron chi connectivity index (χ0n) is 40.2. The maximum Gasteiger partial charge on any atom is 0.472 e. The van der Waals surface area contributed by atoms with Crippen LogP contribution in [0.4, 0.5) is 0 Å². The lowest BCUT2D eigenvalue weighted by molar-refractivity contribution is -0.154. The van der Waals surface area contributed by atoms with Crippen LogP contribution in [0, 0.1) is 0 Å². The lowest BCUT2D eigenvalue weighted by Crippen LogP contribution is -2.34. The van der Waals surface area contributed by atoms with Crippen LogP contribution in [0.25, 0.3) is 0 Å². The van der Waals surface area contributed by atoms with Crippen LogP contribution in [0.3, 0.4) is 0 Å². The van der Waals surface area contributed by atoms with Crippen LogP contribution in [0.2, 0.25) is 0 Å². The van der Waals surface area contributed by atoms with Gasteiger partial charge in [0.15, 0.2) is 0 Å². The van der Waals surface area contributed by atoms with Crippen LogP contribution < -0.4 is 5.73 Å². The molecule has 0 aromatic carbocycles. The van der Waals surface area contributed by atoms with Gasteiger partial charge in [0.2, 0.25) is 0 Å². The minimum Gasteiger partial charge on any atom is -0.480 e. The molecule has 0 amide bonds. The molecule has 0 radical (unpaired) electrons. The first-order valence-corrected chi connectivity index (χ1v) is 26.8. The Hall–Kier alpha value is -2.33. The number of hydrogen-bond donors (Lipinski definition) is 3. The number of unbranched alkanes of at least 4 members (excludes halogenated alkanes) is 24. The molecule has 0 aliphatic heterocycles. The molecule has 366 valence electrons. The molecule has 4 N–H and O–H groups in total. The molecule has 3 atom stereocenters. The van der Waals surface area contributed by atoms with Crippen molar-refractivity contribution in [1.29, 1.82) is 0 Å². The van der Waals surface area contributed by atoms with E-state index in [2.05, 4.69) is 74.6 Å². The Balaban J connectivity index is 4.19. The molecule has 0 fully saturated rings. The molecule has 0 saturated carbocycles. The second-order valence-corrected chi connectivity index (χ2v) is 18.4. The minimum absolute atomic E-state index is 0.00676. The van der Waals surface area contributed by atoms with Gasteiger partial charge in [0.25, 0.3) is 0 Å². The number of carbonyl (C=O) groups is 2. The average Bonchev–Trinajstić information content (AvgIpc) is 3.26. The van der Waals surface area contributed by atoms with Gasteiger partial charge in [0.05, 0.1) is 19.8 Å². The molecule has 0 saturated heterocycles. The number of carboxylic acid groups (broad SMARTS) is 1. The van der Waals surface area contributed by atoms with E-state index in [4.69, 9.17) is 29.4 Å². The first-order valence-electron chi connectivity index (χ1n) is 25.3. The molecular weight excluding hydrogens is 814 g/mol. The number of allylic oxidation sites excluding steroid dienone is 10. The molecule has 0 rings (SSSR count). The largest absolute Gasteiger partial charge is 0.480 e. The lowest BCUT2D eigenvalue weighted by Gasteiger charge is -2.20. The maximum absolute atomic E-state index is 12.7. The predicted octanol–water partition coefficient (Wildman–Crippen LogP) is 14.8. The molecule has 0 aliphatic carbocycles. The highest BCUT2D eigenvalue weighted by molar-refractivity contribution is 7.47. The smallest absolute Gasteiger partial charge is 0.472 e. The van der Waals surface area contributed by atoms with Crippen molar-refractivity contribution >= 4 is 19.8 Å². The molecule has 0 aliphatic rings. The molecule has 0 heterocycles. The predicted molar refractivity (Wildman–Crippen MR) is 263 cm³/mol. The Kier molecular flexibility index (Phi) is 45.9. The van der Waals surface area contributed by atoms with Gasteiger partial charge in [0.1, 0.15) is 12.1 Å². The number of rotatable bonds is 48. The molecule has 3 unspecified atom stereocenters. The van der Waals surface area contributed by atoms with Crippen LogP contribution in [-0.2, 0) is 32.7 Å². The van der Waals surface area contributed by atoms with Crippen molar-refractivity contribution in [3.63, 3.8) is 0 Å². The topological polar surface area (TPSA) is 155 Å². The molecular formula is C52H94NO9P. The van der Waals surface area contributed by atoms with E-state index in [1.807, 2.05) is 0 Å². The fraction of sp³-hybridized carbons (Fsp3) is 0.769. The zero-order chi connectivity index (χ0) is 46.2. The number of phosphoric ester groups is 1.